The summed E-state index contributed by atoms with van der Waals surface area (Å²) < 4.78 is 21.7. The van der Waals surface area contributed by atoms with Gasteiger partial charge in [0.2, 0.25) is 0 Å². The lowest BCUT2D eigenvalue weighted by atomic mass is 10.1. The van der Waals surface area contributed by atoms with Crippen LogP contribution >= 0.6 is 0 Å². The van der Waals surface area contributed by atoms with Crippen molar-refractivity contribution in [2.45, 2.75) is 0 Å². The van der Waals surface area contributed by atoms with Gasteiger partial charge in [0.15, 0.2) is 5.43 Å². The van der Waals surface area contributed by atoms with Crippen LogP contribution in [-0.2, 0) is 9.47 Å². The third-order valence-electron chi connectivity index (χ3n) is 4.03. The number of rotatable bonds is 10. The van der Waals surface area contributed by atoms with E-state index in [1.165, 1.54) is 18.4 Å². The Hall–Kier alpha value is -2.87. The first-order valence-electron chi connectivity index (χ1n) is 8.93. The molecule has 3 rings (SSSR count). The highest BCUT2D eigenvalue weighted by molar-refractivity contribution is 5.82. The van der Waals surface area contributed by atoms with E-state index in [2.05, 4.69) is 0 Å². The lowest BCUT2D eigenvalue weighted by Gasteiger charge is -2.08. The van der Waals surface area contributed by atoms with Gasteiger partial charge in [-0.25, -0.2) is 0 Å². The van der Waals surface area contributed by atoms with Gasteiger partial charge in [0.25, 0.3) is 0 Å². The van der Waals surface area contributed by atoms with E-state index >= 15 is 0 Å². The van der Waals surface area contributed by atoms with Gasteiger partial charge in [-0.2, -0.15) is 0 Å². The molecule has 0 saturated heterocycles. The lowest BCUT2D eigenvalue weighted by molar-refractivity contribution is 0.0247. The summed E-state index contributed by atoms with van der Waals surface area (Å²) >= 11 is 0. The van der Waals surface area contributed by atoms with E-state index in [0.29, 0.717) is 60.9 Å². The van der Waals surface area contributed by atoms with E-state index in [9.17, 15) is 9.90 Å². The van der Waals surface area contributed by atoms with Crippen molar-refractivity contribution in [3.8, 4) is 22.6 Å². The van der Waals surface area contributed by atoms with Crippen LogP contribution in [0.25, 0.3) is 22.1 Å². The van der Waals surface area contributed by atoms with Crippen molar-refractivity contribution in [2.24, 2.45) is 0 Å². The van der Waals surface area contributed by atoms with E-state index < -0.39 is 0 Å². The number of hydrogen-bond acceptors (Lipinski definition) is 7. The molecule has 7 heteroatoms. The second-order valence-electron chi connectivity index (χ2n) is 5.98. The Labute approximate surface area is 161 Å². The maximum Gasteiger partial charge on any atom is 0.200 e. The van der Waals surface area contributed by atoms with Gasteiger partial charge in [-0.3, -0.25) is 4.79 Å². The number of fused-ring (bicyclic) bond motifs is 1. The number of phenolic OH excluding ortho intramolecular Hbond substituents is 1. The predicted molar refractivity (Wildman–Crippen MR) is 104 cm³/mol. The highest BCUT2D eigenvalue weighted by atomic mass is 16.5. The van der Waals surface area contributed by atoms with Crippen molar-refractivity contribution in [2.75, 3.05) is 39.6 Å². The molecule has 0 aliphatic heterocycles. The number of aliphatic hydroxyl groups excluding tert-OH is 1. The van der Waals surface area contributed by atoms with Crippen LogP contribution in [0.3, 0.4) is 0 Å². The number of phenols is 1. The van der Waals surface area contributed by atoms with E-state index in [0.717, 1.165) is 0 Å². The Morgan fingerprint density at radius 1 is 0.893 bits per heavy atom. The molecular formula is C21H22O7. The third kappa shape index (κ3) is 5.10. The fourth-order valence-electron chi connectivity index (χ4n) is 2.64. The molecule has 0 fully saturated rings. The molecule has 2 aromatic carbocycles. The molecule has 28 heavy (non-hydrogen) atoms. The van der Waals surface area contributed by atoms with E-state index in [1.54, 1.807) is 30.3 Å². The molecule has 0 spiro atoms. The second-order valence-corrected chi connectivity index (χ2v) is 5.98. The maximum atomic E-state index is 12.7. The van der Waals surface area contributed by atoms with Crippen molar-refractivity contribution in [3.05, 3.63) is 59.0 Å². The molecule has 0 aliphatic carbocycles. The van der Waals surface area contributed by atoms with Gasteiger partial charge in [-0.15, -0.1) is 0 Å². The molecule has 0 saturated carbocycles. The van der Waals surface area contributed by atoms with Gasteiger partial charge in [-0.05, 0) is 29.8 Å². The van der Waals surface area contributed by atoms with Crippen LogP contribution in [0.15, 0.2) is 57.9 Å². The summed E-state index contributed by atoms with van der Waals surface area (Å²) in [6.07, 6.45) is 1.41. The Morgan fingerprint density at radius 2 is 1.61 bits per heavy atom. The average Bonchev–Trinajstić information content (AvgIpc) is 2.71. The number of ether oxygens (including phenoxy) is 3. The highest BCUT2D eigenvalue weighted by Gasteiger charge is 2.10. The molecule has 2 N–H and O–H groups in total. The normalized spacial score (nSPS) is 11.0. The molecule has 7 nitrogen and oxygen atoms in total. The third-order valence-corrected chi connectivity index (χ3v) is 4.03. The Kier molecular flexibility index (Phi) is 7.02. The Morgan fingerprint density at radius 3 is 2.36 bits per heavy atom. The Balaban J connectivity index is 1.61. The van der Waals surface area contributed by atoms with Crippen molar-refractivity contribution < 1.29 is 28.8 Å². The summed E-state index contributed by atoms with van der Waals surface area (Å²) in [5.41, 5.74) is 1.39. The van der Waals surface area contributed by atoms with Crippen LogP contribution in [0.2, 0.25) is 0 Å². The van der Waals surface area contributed by atoms with E-state index in [1.807, 2.05) is 0 Å². The van der Waals surface area contributed by atoms with Crippen LogP contribution in [0.4, 0.5) is 0 Å². The fourth-order valence-corrected chi connectivity index (χ4v) is 2.64. The van der Waals surface area contributed by atoms with Crippen molar-refractivity contribution in [1.82, 2.24) is 0 Å². The molecular weight excluding hydrogens is 364 g/mol. The summed E-state index contributed by atoms with van der Waals surface area (Å²) in [5, 5.41) is 18.4. The van der Waals surface area contributed by atoms with Crippen LogP contribution < -0.4 is 10.2 Å². The topological polar surface area (TPSA) is 98.4 Å². The van der Waals surface area contributed by atoms with Crippen LogP contribution in [0.5, 0.6) is 11.5 Å². The number of hydrogen-bond donors (Lipinski definition) is 2. The Bertz CT molecular complexity index is 947. The maximum absolute atomic E-state index is 12.7. The summed E-state index contributed by atoms with van der Waals surface area (Å²) in [4.78, 5) is 12.7. The molecule has 0 amide bonds. The first kappa shape index (κ1) is 19.9. The summed E-state index contributed by atoms with van der Waals surface area (Å²) in [6, 6.07) is 11.4. The van der Waals surface area contributed by atoms with Gasteiger partial charge < -0.3 is 28.8 Å². The monoisotopic (exact) mass is 386 g/mol. The minimum atomic E-state index is -0.148. The summed E-state index contributed by atoms with van der Waals surface area (Å²) in [6.45, 7) is 1.89. The fraction of sp³-hybridized carbons (Fsp3) is 0.286. The van der Waals surface area contributed by atoms with Gasteiger partial charge >= 0.3 is 0 Å². The molecule has 1 heterocycles. The quantitative estimate of drug-likeness (QED) is 0.517. The molecule has 0 aliphatic rings. The largest absolute Gasteiger partial charge is 0.508 e. The molecule has 0 atom stereocenters. The van der Waals surface area contributed by atoms with Crippen LogP contribution in [0, 0.1) is 0 Å². The van der Waals surface area contributed by atoms with Crippen LogP contribution in [0.1, 0.15) is 0 Å². The number of benzene rings is 2. The zero-order chi connectivity index (χ0) is 19.8. The predicted octanol–water partition coefficient (Wildman–Crippen LogP) is 2.57. The number of aromatic hydroxyl groups is 1. The highest BCUT2D eigenvalue weighted by Crippen LogP contribution is 2.24. The second kappa shape index (κ2) is 9.89. The zero-order valence-corrected chi connectivity index (χ0v) is 15.3. The van der Waals surface area contributed by atoms with Gasteiger partial charge in [0, 0.05) is 6.07 Å². The smallest absolute Gasteiger partial charge is 0.200 e. The van der Waals surface area contributed by atoms with Crippen molar-refractivity contribution in [3.63, 3.8) is 0 Å². The van der Waals surface area contributed by atoms with Gasteiger partial charge in [0.1, 0.15) is 30.0 Å². The molecule has 0 bridgehead atoms. The minimum absolute atomic E-state index is 0.00235. The SMILES string of the molecule is O=c1c(-c2ccc(O)cc2)coc2cc(OCCOCCOCCO)ccc12. The number of aliphatic hydroxyl groups is 1. The van der Waals surface area contributed by atoms with Crippen molar-refractivity contribution in [1.29, 1.82) is 0 Å². The first-order valence-corrected chi connectivity index (χ1v) is 8.93. The molecule has 3 aromatic rings. The summed E-state index contributed by atoms with van der Waals surface area (Å²) in [5.74, 6) is 0.713. The van der Waals surface area contributed by atoms with E-state index in [-0.39, 0.29) is 17.8 Å². The molecule has 148 valence electrons. The van der Waals surface area contributed by atoms with Crippen molar-refractivity contribution >= 4 is 11.0 Å². The lowest BCUT2D eigenvalue weighted by Crippen LogP contribution is -2.12. The van der Waals surface area contributed by atoms with Crippen LogP contribution in [-0.4, -0.2) is 49.9 Å². The first-order chi connectivity index (χ1) is 13.7. The van der Waals surface area contributed by atoms with Gasteiger partial charge in [0.05, 0.1) is 44.0 Å². The molecule has 0 unspecified atom stereocenters. The minimum Gasteiger partial charge on any atom is -0.508 e. The molecule has 0 radical (unpaired) electrons. The van der Waals surface area contributed by atoms with Gasteiger partial charge in [-0.1, -0.05) is 12.1 Å². The standard InChI is InChI=1S/C21H22O7/c22-7-8-25-9-10-26-11-12-27-17-5-6-18-20(13-17)28-14-19(21(18)24)15-1-3-16(23)4-2-15/h1-6,13-14,22-23H,7-12H2. The molecule has 1 aromatic heterocycles. The summed E-state index contributed by atoms with van der Waals surface area (Å²) in [7, 11) is 0. The van der Waals surface area contributed by atoms with E-state index in [4.69, 9.17) is 23.7 Å². The zero-order valence-electron chi connectivity index (χ0n) is 15.3. The average molecular weight is 386 g/mol.